The smallest absolute Gasteiger partial charge is 0.278 e. The van der Waals surface area contributed by atoms with Gasteiger partial charge in [0.1, 0.15) is 11.5 Å². The first-order valence-corrected chi connectivity index (χ1v) is 11.8. The number of anilines is 1. The number of sulfonamides is 1. The second-order valence-corrected chi connectivity index (χ2v) is 9.32. The molecule has 8 heteroatoms. The molecule has 1 amide bonds. The van der Waals surface area contributed by atoms with Crippen molar-refractivity contribution in [3.8, 4) is 11.5 Å². The van der Waals surface area contributed by atoms with Crippen LogP contribution in [0, 0.1) is 13.8 Å². The number of nitrogens with zero attached hydrogens (tertiary/aromatic N) is 1. The monoisotopic (exact) mass is 473 g/mol. The average molecular weight is 474 g/mol. The van der Waals surface area contributed by atoms with Gasteiger partial charge in [-0.2, -0.15) is 4.31 Å². The largest absolute Gasteiger partial charge is 0.494 e. The summed E-state index contributed by atoms with van der Waals surface area (Å²) in [4.78, 5) is 13.1. The molecule has 0 unspecified atom stereocenters. The van der Waals surface area contributed by atoms with Gasteiger partial charge < -0.3 is 9.47 Å². The van der Waals surface area contributed by atoms with E-state index in [1.807, 2.05) is 32.9 Å². The third kappa shape index (κ3) is 5.41. The summed E-state index contributed by atoms with van der Waals surface area (Å²) in [6.45, 7) is 5.62. The molecule has 0 atom stereocenters. The van der Waals surface area contributed by atoms with E-state index in [1.54, 1.807) is 18.2 Å². The first-order valence-electron chi connectivity index (χ1n) is 9.99. The molecule has 3 rings (SSSR count). The van der Waals surface area contributed by atoms with Crippen LogP contribution in [0.25, 0.3) is 0 Å². The summed E-state index contributed by atoms with van der Waals surface area (Å²) in [5, 5.41) is 0.390. The van der Waals surface area contributed by atoms with Crippen molar-refractivity contribution in [2.75, 3.05) is 17.5 Å². The maximum Gasteiger partial charge on any atom is 0.278 e. The Kier molecular flexibility index (Phi) is 7.43. The summed E-state index contributed by atoms with van der Waals surface area (Å²) < 4.78 is 38.7. The van der Waals surface area contributed by atoms with Crippen molar-refractivity contribution < 1.29 is 22.7 Å². The van der Waals surface area contributed by atoms with Crippen LogP contribution >= 0.6 is 11.6 Å². The summed E-state index contributed by atoms with van der Waals surface area (Å²) in [5.74, 6) is 0.359. The van der Waals surface area contributed by atoms with Gasteiger partial charge in [-0.15, -0.1) is 0 Å². The van der Waals surface area contributed by atoms with Crippen LogP contribution in [0.4, 0.5) is 5.69 Å². The fourth-order valence-corrected chi connectivity index (χ4v) is 4.57. The minimum Gasteiger partial charge on any atom is -0.494 e. The second kappa shape index (κ2) is 10.1. The standard InChI is InChI=1S/C24H24ClNO5S/c1-4-30-21-11-9-20(10-12-21)26(32(28,29)22-13-7-19(25)8-14-22)24(27)16-31-23-15-17(2)5-6-18(23)3/h5-15H,4,16H2,1-3H3. The van der Waals surface area contributed by atoms with Gasteiger partial charge >= 0.3 is 0 Å². The lowest BCUT2D eigenvalue weighted by molar-refractivity contribution is -0.119. The molecule has 0 aliphatic carbocycles. The molecule has 0 aromatic heterocycles. The van der Waals surface area contributed by atoms with E-state index in [4.69, 9.17) is 21.1 Å². The lowest BCUT2D eigenvalue weighted by Gasteiger charge is -2.23. The second-order valence-electron chi connectivity index (χ2n) is 7.10. The summed E-state index contributed by atoms with van der Waals surface area (Å²) in [6, 6.07) is 17.5. The van der Waals surface area contributed by atoms with Gasteiger partial charge in [-0.25, -0.2) is 8.42 Å². The summed E-state index contributed by atoms with van der Waals surface area (Å²) in [7, 11) is -4.21. The van der Waals surface area contributed by atoms with Crippen LogP contribution in [0.15, 0.2) is 71.6 Å². The van der Waals surface area contributed by atoms with Crippen molar-refractivity contribution in [3.63, 3.8) is 0 Å². The summed E-state index contributed by atoms with van der Waals surface area (Å²) in [5.41, 5.74) is 1.99. The van der Waals surface area contributed by atoms with Crippen molar-refractivity contribution in [1.29, 1.82) is 0 Å². The maximum atomic E-state index is 13.4. The summed E-state index contributed by atoms with van der Waals surface area (Å²) in [6.07, 6.45) is 0. The quantitative estimate of drug-likeness (QED) is 0.452. The van der Waals surface area contributed by atoms with E-state index in [0.717, 1.165) is 15.4 Å². The van der Waals surface area contributed by atoms with Gasteiger partial charge in [0.25, 0.3) is 15.9 Å². The van der Waals surface area contributed by atoms with Crippen molar-refractivity contribution in [2.45, 2.75) is 25.7 Å². The molecular formula is C24H24ClNO5S. The normalized spacial score (nSPS) is 11.1. The molecule has 0 fully saturated rings. The zero-order chi connectivity index (χ0) is 23.3. The molecule has 0 saturated heterocycles. The number of carbonyl (C=O) groups is 1. The molecule has 6 nitrogen and oxygen atoms in total. The van der Waals surface area contributed by atoms with E-state index >= 15 is 0 Å². The predicted molar refractivity (Wildman–Crippen MR) is 125 cm³/mol. The first-order chi connectivity index (χ1) is 15.2. The highest BCUT2D eigenvalue weighted by molar-refractivity contribution is 7.93. The third-order valence-corrected chi connectivity index (χ3v) is 6.67. The molecule has 0 heterocycles. The Morgan fingerprint density at radius 3 is 2.22 bits per heavy atom. The van der Waals surface area contributed by atoms with Crippen LogP contribution in [-0.2, 0) is 14.8 Å². The van der Waals surface area contributed by atoms with Crippen molar-refractivity contribution in [3.05, 3.63) is 82.9 Å². The van der Waals surface area contributed by atoms with Crippen LogP contribution in [-0.4, -0.2) is 27.5 Å². The molecule has 0 spiro atoms. The Labute approximate surface area is 193 Å². The molecule has 0 aliphatic heterocycles. The lowest BCUT2D eigenvalue weighted by atomic mass is 10.1. The number of halogens is 1. The average Bonchev–Trinajstić information content (AvgIpc) is 2.76. The number of aryl methyl sites for hydroxylation is 2. The van der Waals surface area contributed by atoms with Gasteiger partial charge in [0.05, 0.1) is 17.2 Å². The molecule has 0 N–H and O–H groups in total. The van der Waals surface area contributed by atoms with Crippen LogP contribution in [0.5, 0.6) is 11.5 Å². The van der Waals surface area contributed by atoms with Gasteiger partial charge in [-0.3, -0.25) is 4.79 Å². The van der Waals surface area contributed by atoms with Gasteiger partial charge in [0.2, 0.25) is 0 Å². The van der Waals surface area contributed by atoms with Gasteiger partial charge in [0.15, 0.2) is 6.61 Å². The molecule has 0 saturated carbocycles. The number of hydrogen-bond donors (Lipinski definition) is 0. The SMILES string of the molecule is CCOc1ccc(N(C(=O)COc2cc(C)ccc2C)S(=O)(=O)c2ccc(Cl)cc2)cc1. The minimum atomic E-state index is -4.21. The number of amides is 1. The van der Waals surface area contributed by atoms with Crippen molar-refractivity contribution in [1.82, 2.24) is 0 Å². The van der Waals surface area contributed by atoms with Crippen LogP contribution < -0.4 is 13.8 Å². The number of rotatable bonds is 8. The molecule has 3 aromatic carbocycles. The van der Waals surface area contributed by atoms with Crippen LogP contribution in [0.1, 0.15) is 18.1 Å². The molecule has 0 bridgehead atoms. The summed E-state index contributed by atoms with van der Waals surface area (Å²) >= 11 is 5.90. The zero-order valence-electron chi connectivity index (χ0n) is 18.0. The molecule has 32 heavy (non-hydrogen) atoms. The zero-order valence-corrected chi connectivity index (χ0v) is 19.6. The van der Waals surface area contributed by atoms with E-state index in [1.165, 1.54) is 36.4 Å². The topological polar surface area (TPSA) is 72.9 Å². The Hall–Kier alpha value is -3.03. The number of hydrogen-bond acceptors (Lipinski definition) is 5. The molecule has 0 aliphatic rings. The van der Waals surface area contributed by atoms with E-state index in [2.05, 4.69) is 0 Å². The first kappa shape index (κ1) is 23.6. The Balaban J connectivity index is 1.96. The molecular weight excluding hydrogens is 450 g/mol. The highest BCUT2D eigenvalue weighted by Gasteiger charge is 2.31. The Morgan fingerprint density at radius 1 is 0.938 bits per heavy atom. The predicted octanol–water partition coefficient (Wildman–Crippen LogP) is 5.16. The maximum absolute atomic E-state index is 13.4. The molecule has 168 valence electrons. The van der Waals surface area contributed by atoms with Crippen LogP contribution in [0.3, 0.4) is 0 Å². The fourth-order valence-electron chi connectivity index (χ4n) is 3.03. The number of ether oxygens (including phenoxy) is 2. The number of benzene rings is 3. The van der Waals surface area contributed by atoms with Gasteiger partial charge in [0, 0.05) is 5.02 Å². The lowest BCUT2D eigenvalue weighted by Crippen LogP contribution is -2.40. The Bertz CT molecular complexity index is 1190. The van der Waals surface area contributed by atoms with E-state index in [-0.39, 0.29) is 10.6 Å². The van der Waals surface area contributed by atoms with Gasteiger partial charge in [-0.1, -0.05) is 23.7 Å². The van der Waals surface area contributed by atoms with Crippen LogP contribution in [0.2, 0.25) is 5.02 Å². The van der Waals surface area contributed by atoms with Crippen molar-refractivity contribution in [2.24, 2.45) is 0 Å². The van der Waals surface area contributed by atoms with E-state index in [9.17, 15) is 13.2 Å². The molecule has 3 aromatic rings. The Morgan fingerprint density at radius 2 is 1.59 bits per heavy atom. The van der Waals surface area contributed by atoms with E-state index in [0.29, 0.717) is 23.1 Å². The van der Waals surface area contributed by atoms with Crippen molar-refractivity contribution >= 4 is 33.2 Å². The van der Waals surface area contributed by atoms with Gasteiger partial charge in [-0.05, 0) is 86.5 Å². The van der Waals surface area contributed by atoms with E-state index < -0.39 is 22.5 Å². The fraction of sp³-hybridized carbons (Fsp3) is 0.208. The highest BCUT2D eigenvalue weighted by atomic mass is 35.5. The minimum absolute atomic E-state index is 0.0594. The highest BCUT2D eigenvalue weighted by Crippen LogP contribution is 2.27. The third-order valence-electron chi connectivity index (χ3n) is 4.66. The molecule has 0 radical (unpaired) electrons. The number of carbonyl (C=O) groups excluding carboxylic acids is 1.